The van der Waals surface area contributed by atoms with Crippen LogP contribution in [0, 0.1) is 23.0 Å². The maximum Gasteiger partial charge on any atom is 0.425 e. The van der Waals surface area contributed by atoms with Crippen molar-refractivity contribution in [2.45, 2.75) is 31.2 Å². The molecule has 0 radical (unpaired) electrons. The van der Waals surface area contributed by atoms with Gasteiger partial charge < -0.3 is 15.8 Å². The van der Waals surface area contributed by atoms with Gasteiger partial charge in [-0.25, -0.2) is 23.7 Å². The lowest BCUT2D eigenvalue weighted by Crippen LogP contribution is -2.46. The van der Waals surface area contributed by atoms with Crippen molar-refractivity contribution in [1.82, 2.24) is 15.0 Å². The van der Waals surface area contributed by atoms with E-state index in [0.29, 0.717) is 0 Å². The van der Waals surface area contributed by atoms with Gasteiger partial charge in [0.15, 0.2) is 17.7 Å². The zero-order chi connectivity index (χ0) is 24.0. The van der Waals surface area contributed by atoms with Gasteiger partial charge in [0.25, 0.3) is 6.02 Å². The van der Waals surface area contributed by atoms with Crippen molar-refractivity contribution in [1.29, 1.82) is 5.26 Å². The van der Waals surface area contributed by atoms with Crippen LogP contribution in [0.2, 0.25) is 0 Å². The third kappa shape index (κ3) is 4.19. The molecule has 170 valence electrons. The van der Waals surface area contributed by atoms with E-state index >= 15 is 0 Å². The fraction of sp³-hybridized carbons (Fsp3) is 0.250. The van der Waals surface area contributed by atoms with Crippen molar-refractivity contribution < 1.29 is 26.7 Å². The molecule has 33 heavy (non-hydrogen) atoms. The normalized spacial score (nSPS) is 20.6. The van der Waals surface area contributed by atoms with Crippen molar-refractivity contribution in [2.75, 3.05) is 5.32 Å². The lowest BCUT2D eigenvalue weighted by molar-refractivity contribution is -0.208. The minimum Gasteiger partial charge on any atom is -0.452 e. The molecule has 0 fully saturated rings. The van der Waals surface area contributed by atoms with Gasteiger partial charge in [-0.15, -0.1) is 0 Å². The summed E-state index contributed by atoms with van der Waals surface area (Å²) in [5.74, 6) is -1.60. The summed E-state index contributed by atoms with van der Waals surface area (Å²) in [5, 5.41) is 11.8. The van der Waals surface area contributed by atoms with E-state index in [1.165, 1.54) is 25.3 Å². The molecule has 8 nitrogen and oxygen atoms in total. The maximum absolute atomic E-state index is 14.6. The molecular weight excluding hydrogens is 449 g/mol. The van der Waals surface area contributed by atoms with Crippen LogP contribution in [0.15, 0.2) is 35.6 Å². The number of fused-ring (bicyclic) bond motifs is 1. The monoisotopic (exact) mass is 463 g/mol. The van der Waals surface area contributed by atoms with Crippen LogP contribution in [-0.4, -0.2) is 33.3 Å². The maximum atomic E-state index is 14.6. The summed E-state index contributed by atoms with van der Waals surface area (Å²) in [4.78, 5) is 15.9. The van der Waals surface area contributed by atoms with Gasteiger partial charge in [-0.05, 0) is 25.1 Å². The van der Waals surface area contributed by atoms with Crippen molar-refractivity contribution in [3.8, 4) is 6.07 Å². The Kier molecular flexibility index (Phi) is 5.23. The van der Waals surface area contributed by atoms with Gasteiger partial charge in [-0.1, -0.05) is 0 Å². The first-order valence-electron chi connectivity index (χ1n) is 9.37. The second-order valence-corrected chi connectivity index (χ2v) is 7.41. The first-order valence-corrected chi connectivity index (χ1v) is 9.37. The second-order valence-electron chi connectivity index (χ2n) is 7.41. The predicted octanol–water partition coefficient (Wildman–Crippen LogP) is 3.80. The summed E-state index contributed by atoms with van der Waals surface area (Å²) in [7, 11) is 0. The topological polar surface area (TPSA) is 122 Å². The molecule has 3 aromatic rings. The number of aliphatic imine (C=N–C) groups is 1. The summed E-state index contributed by atoms with van der Waals surface area (Å²) >= 11 is 0. The molecule has 0 amide bonds. The Morgan fingerprint density at radius 2 is 1.97 bits per heavy atom. The number of ether oxygens (including phenoxy) is 1. The number of hydrogen-bond donors (Lipinski definition) is 2. The first kappa shape index (κ1) is 22.1. The number of anilines is 2. The van der Waals surface area contributed by atoms with Gasteiger partial charge in [0, 0.05) is 18.0 Å². The van der Waals surface area contributed by atoms with E-state index in [4.69, 9.17) is 11.0 Å². The Balaban J connectivity index is 1.74. The standard InChI is InChI=1S/C20H14F5N7O/c1-19(5-13(20(23,24)25)33-18(27)32-19)16-11(21)2-3-14(30-16)31-17-15-10(12(22)8-29-17)4-9(6-26)7-28-15/h2-4,7-8,13H,5H2,1H3,(H2,27,32)(H,29,30,31). The van der Waals surface area contributed by atoms with E-state index in [1.807, 2.05) is 6.07 Å². The van der Waals surface area contributed by atoms with Crippen LogP contribution in [0.5, 0.6) is 0 Å². The Hall–Kier alpha value is -4.08. The zero-order valence-corrected chi connectivity index (χ0v) is 16.8. The number of nitrogens with two attached hydrogens (primary N) is 1. The lowest BCUT2D eigenvalue weighted by Gasteiger charge is -2.35. The van der Waals surface area contributed by atoms with Crippen molar-refractivity contribution >= 4 is 28.6 Å². The molecule has 2 atom stereocenters. The van der Waals surface area contributed by atoms with Gasteiger partial charge in [-0.2, -0.15) is 18.4 Å². The summed E-state index contributed by atoms with van der Waals surface area (Å²) in [6, 6.07) is 4.60. The Morgan fingerprint density at radius 1 is 1.21 bits per heavy atom. The first-order chi connectivity index (χ1) is 15.5. The highest BCUT2D eigenvalue weighted by Gasteiger charge is 2.50. The highest BCUT2D eigenvalue weighted by atomic mass is 19.4. The van der Waals surface area contributed by atoms with Gasteiger partial charge >= 0.3 is 6.18 Å². The molecule has 0 saturated carbocycles. The van der Waals surface area contributed by atoms with Crippen LogP contribution in [0.3, 0.4) is 0 Å². The molecule has 1 aliphatic rings. The minimum atomic E-state index is -4.75. The van der Waals surface area contributed by atoms with Crippen LogP contribution in [-0.2, 0) is 10.3 Å². The highest BCUT2D eigenvalue weighted by molar-refractivity contribution is 5.90. The Morgan fingerprint density at radius 3 is 2.67 bits per heavy atom. The van der Waals surface area contributed by atoms with Crippen LogP contribution in [0.1, 0.15) is 24.6 Å². The molecule has 0 aliphatic carbocycles. The van der Waals surface area contributed by atoms with Gasteiger partial charge in [0.05, 0.1) is 11.8 Å². The summed E-state index contributed by atoms with van der Waals surface area (Å²) in [6.07, 6.45) is -5.68. The van der Waals surface area contributed by atoms with E-state index < -0.39 is 47.6 Å². The van der Waals surface area contributed by atoms with Gasteiger partial charge in [0.2, 0.25) is 0 Å². The van der Waals surface area contributed by atoms with Crippen molar-refractivity contribution in [3.05, 3.63) is 53.5 Å². The van der Waals surface area contributed by atoms with E-state index in [2.05, 4.69) is 30.0 Å². The summed E-state index contributed by atoms with van der Waals surface area (Å²) < 4.78 is 73.1. The molecule has 0 bridgehead atoms. The molecule has 3 N–H and O–H groups in total. The molecule has 3 aromatic heterocycles. The third-order valence-electron chi connectivity index (χ3n) is 4.98. The predicted molar refractivity (Wildman–Crippen MR) is 106 cm³/mol. The quantitative estimate of drug-likeness (QED) is 0.567. The smallest absolute Gasteiger partial charge is 0.425 e. The number of rotatable bonds is 3. The fourth-order valence-electron chi connectivity index (χ4n) is 3.45. The number of hydrogen-bond acceptors (Lipinski definition) is 8. The number of nitrogens with zero attached hydrogens (tertiary/aromatic N) is 5. The molecule has 0 spiro atoms. The van der Waals surface area contributed by atoms with E-state index in [-0.39, 0.29) is 28.1 Å². The Labute approximate surface area is 182 Å². The van der Waals surface area contributed by atoms with Crippen LogP contribution in [0.25, 0.3) is 10.9 Å². The SMILES string of the molecule is CC1(c2nc(Nc3ncc(F)c4cc(C#N)cnc34)ccc2F)CC(C(F)(F)F)OC(N)=N1. The average molecular weight is 463 g/mol. The number of amidine groups is 1. The lowest BCUT2D eigenvalue weighted by atomic mass is 9.89. The number of pyridine rings is 3. The number of nitriles is 1. The van der Waals surface area contributed by atoms with Crippen LogP contribution in [0.4, 0.5) is 33.6 Å². The molecule has 0 aromatic carbocycles. The number of halogens is 5. The van der Waals surface area contributed by atoms with E-state index in [0.717, 1.165) is 12.3 Å². The van der Waals surface area contributed by atoms with Crippen molar-refractivity contribution in [2.24, 2.45) is 10.7 Å². The fourth-order valence-corrected chi connectivity index (χ4v) is 3.45. The zero-order valence-electron chi connectivity index (χ0n) is 16.8. The summed E-state index contributed by atoms with van der Waals surface area (Å²) in [5.41, 5.74) is 3.45. The van der Waals surface area contributed by atoms with E-state index in [9.17, 15) is 22.0 Å². The molecule has 13 heteroatoms. The highest BCUT2D eigenvalue weighted by Crippen LogP contribution is 2.40. The second kappa shape index (κ2) is 7.80. The molecule has 4 heterocycles. The molecule has 0 saturated heterocycles. The van der Waals surface area contributed by atoms with Gasteiger partial charge in [0.1, 0.15) is 34.5 Å². The average Bonchev–Trinajstić information content (AvgIpc) is 2.75. The molecule has 4 rings (SSSR count). The van der Waals surface area contributed by atoms with Crippen LogP contribution >= 0.6 is 0 Å². The number of aromatic nitrogens is 3. The molecule has 2 unspecified atom stereocenters. The van der Waals surface area contributed by atoms with Crippen LogP contribution < -0.4 is 11.1 Å². The molecular formula is C20H14F5N7O. The minimum absolute atomic E-state index is 0.00988. The Bertz CT molecular complexity index is 1320. The third-order valence-corrected chi connectivity index (χ3v) is 4.98. The van der Waals surface area contributed by atoms with E-state index in [1.54, 1.807) is 0 Å². The largest absolute Gasteiger partial charge is 0.452 e. The summed E-state index contributed by atoms with van der Waals surface area (Å²) in [6.45, 7) is 1.26. The molecule has 1 aliphatic heterocycles. The van der Waals surface area contributed by atoms with Crippen molar-refractivity contribution in [3.63, 3.8) is 0 Å². The number of nitrogens with one attached hydrogen (secondary N) is 1. The van der Waals surface area contributed by atoms with Gasteiger partial charge in [-0.3, -0.25) is 4.98 Å². The number of alkyl halides is 3.